The summed E-state index contributed by atoms with van der Waals surface area (Å²) in [6.07, 6.45) is 0. The average molecular weight is 383 g/mol. The largest absolute Gasteiger partial charge is 0.324 e. The van der Waals surface area contributed by atoms with E-state index in [0.29, 0.717) is 16.8 Å². The molecule has 3 aromatic rings. The van der Waals surface area contributed by atoms with Crippen molar-refractivity contribution in [2.75, 3.05) is 4.72 Å². The first kappa shape index (κ1) is 18.2. The minimum Gasteiger partial charge on any atom is -0.324 e. The lowest BCUT2D eigenvalue weighted by Crippen LogP contribution is -2.14. The summed E-state index contributed by atoms with van der Waals surface area (Å²) in [7, 11) is -3.77. The number of hydrogen-bond acceptors (Lipinski definition) is 5. The number of nitrogens with one attached hydrogen (secondary N) is 1. The van der Waals surface area contributed by atoms with Crippen molar-refractivity contribution in [2.24, 2.45) is 10.7 Å². The summed E-state index contributed by atoms with van der Waals surface area (Å²) >= 11 is 4.55. The van der Waals surface area contributed by atoms with E-state index >= 15 is 0 Å². The lowest BCUT2D eigenvalue weighted by Gasteiger charge is -2.14. The molecule has 3 aromatic carbocycles. The number of benzene rings is 3. The fourth-order valence-corrected chi connectivity index (χ4v) is 4.19. The number of sulfonamides is 1. The van der Waals surface area contributed by atoms with Gasteiger partial charge in [-0.1, -0.05) is 30.3 Å². The third kappa shape index (κ3) is 3.66. The van der Waals surface area contributed by atoms with Crippen LogP contribution in [0.5, 0.6) is 0 Å². The molecule has 0 heterocycles. The van der Waals surface area contributed by atoms with Crippen LogP contribution in [0.3, 0.4) is 0 Å². The SMILES string of the molecule is CC(N)c1cccc2c(S(=O)(=O)Nc3ccc(N=C=S)cc3)cccc12. The molecule has 0 fully saturated rings. The predicted octanol–water partition coefficient (Wildman–Crippen LogP) is 4.39. The van der Waals surface area contributed by atoms with Gasteiger partial charge in [-0.2, -0.15) is 4.99 Å². The average Bonchev–Trinajstić information content (AvgIpc) is 2.62. The van der Waals surface area contributed by atoms with Gasteiger partial charge < -0.3 is 5.73 Å². The molecule has 0 amide bonds. The van der Waals surface area contributed by atoms with Gasteiger partial charge >= 0.3 is 0 Å². The molecule has 7 heteroatoms. The molecule has 0 saturated carbocycles. The third-order valence-electron chi connectivity index (χ3n) is 3.99. The van der Waals surface area contributed by atoms with Gasteiger partial charge in [0.05, 0.1) is 15.7 Å². The second kappa shape index (κ2) is 7.35. The number of thiocarbonyl (C=S) groups is 1. The van der Waals surface area contributed by atoms with Gasteiger partial charge in [-0.3, -0.25) is 4.72 Å². The predicted molar refractivity (Wildman–Crippen MR) is 108 cm³/mol. The zero-order chi connectivity index (χ0) is 18.7. The summed E-state index contributed by atoms with van der Waals surface area (Å²) in [6, 6.07) is 17.1. The lowest BCUT2D eigenvalue weighted by molar-refractivity contribution is 0.602. The van der Waals surface area contributed by atoms with E-state index in [1.54, 1.807) is 42.5 Å². The van der Waals surface area contributed by atoms with E-state index in [-0.39, 0.29) is 10.9 Å². The second-order valence-electron chi connectivity index (χ2n) is 5.84. The highest BCUT2D eigenvalue weighted by Gasteiger charge is 2.18. The monoisotopic (exact) mass is 383 g/mol. The Morgan fingerprint density at radius 1 is 1.04 bits per heavy atom. The van der Waals surface area contributed by atoms with Gasteiger partial charge in [0.1, 0.15) is 0 Å². The van der Waals surface area contributed by atoms with Crippen molar-refractivity contribution in [3.63, 3.8) is 0 Å². The van der Waals surface area contributed by atoms with Crippen LogP contribution >= 0.6 is 12.2 Å². The number of fused-ring (bicyclic) bond motifs is 1. The standard InChI is InChI=1S/C19H17N3O2S2/c1-13(20)16-4-2-6-18-17(16)5-3-7-19(18)26(23,24)22-15-10-8-14(9-11-15)21-12-25/h2-11,13,22H,20H2,1H3. The first-order chi connectivity index (χ1) is 12.4. The minimum absolute atomic E-state index is 0.195. The summed E-state index contributed by atoms with van der Waals surface area (Å²) in [4.78, 5) is 4.05. The molecule has 132 valence electrons. The van der Waals surface area contributed by atoms with Crippen molar-refractivity contribution in [3.8, 4) is 0 Å². The van der Waals surface area contributed by atoms with Crippen LogP contribution in [0.15, 0.2) is 70.6 Å². The lowest BCUT2D eigenvalue weighted by atomic mass is 10.0. The fourth-order valence-electron chi connectivity index (χ4n) is 2.80. The fraction of sp³-hybridized carbons (Fsp3) is 0.105. The Kier molecular flexibility index (Phi) is 5.15. The van der Waals surface area contributed by atoms with Gasteiger partial charge in [0.15, 0.2) is 0 Å². The van der Waals surface area contributed by atoms with E-state index in [0.717, 1.165) is 10.9 Å². The van der Waals surface area contributed by atoms with E-state index in [9.17, 15) is 8.42 Å². The Labute approximate surface area is 157 Å². The van der Waals surface area contributed by atoms with Crippen LogP contribution in [0.25, 0.3) is 10.8 Å². The zero-order valence-electron chi connectivity index (χ0n) is 14.0. The molecule has 0 aromatic heterocycles. The van der Waals surface area contributed by atoms with Gasteiger partial charge in [-0.25, -0.2) is 8.42 Å². The Morgan fingerprint density at radius 2 is 1.69 bits per heavy atom. The number of isothiocyanates is 1. The molecule has 0 spiro atoms. The Morgan fingerprint density at radius 3 is 2.35 bits per heavy atom. The summed E-state index contributed by atoms with van der Waals surface area (Å²) in [5.74, 6) is 0. The van der Waals surface area contributed by atoms with Gasteiger partial charge in [-0.05, 0) is 60.4 Å². The number of hydrogen-bond donors (Lipinski definition) is 2. The van der Waals surface area contributed by atoms with Gasteiger partial charge in [-0.15, -0.1) is 0 Å². The summed E-state index contributed by atoms with van der Waals surface area (Å²) in [6.45, 7) is 1.87. The van der Waals surface area contributed by atoms with Crippen LogP contribution in [0.2, 0.25) is 0 Å². The smallest absolute Gasteiger partial charge is 0.262 e. The number of nitrogens with two attached hydrogens (primary N) is 1. The maximum atomic E-state index is 12.9. The molecule has 3 N–H and O–H groups in total. The van der Waals surface area contributed by atoms with Crippen LogP contribution in [-0.4, -0.2) is 13.6 Å². The van der Waals surface area contributed by atoms with Crippen molar-refractivity contribution in [1.82, 2.24) is 0 Å². The molecule has 0 aliphatic carbocycles. The molecule has 1 atom stereocenters. The molecule has 3 rings (SSSR count). The quantitative estimate of drug-likeness (QED) is 0.505. The van der Waals surface area contributed by atoms with Crippen molar-refractivity contribution in [2.45, 2.75) is 17.9 Å². The van der Waals surface area contributed by atoms with Crippen LogP contribution in [-0.2, 0) is 10.0 Å². The zero-order valence-corrected chi connectivity index (χ0v) is 15.6. The van der Waals surface area contributed by atoms with Crippen molar-refractivity contribution in [3.05, 3.63) is 66.2 Å². The molecule has 0 aliphatic heterocycles. The maximum Gasteiger partial charge on any atom is 0.262 e. The maximum absolute atomic E-state index is 12.9. The van der Waals surface area contributed by atoms with Crippen LogP contribution in [0.1, 0.15) is 18.5 Å². The third-order valence-corrected chi connectivity index (χ3v) is 5.52. The first-order valence-electron chi connectivity index (χ1n) is 7.90. The molecule has 0 radical (unpaired) electrons. The summed E-state index contributed by atoms with van der Waals surface area (Å²) in [5, 5.41) is 3.74. The van der Waals surface area contributed by atoms with E-state index in [1.807, 2.05) is 25.1 Å². The van der Waals surface area contributed by atoms with E-state index < -0.39 is 10.0 Å². The Hall–Kier alpha value is -2.57. The van der Waals surface area contributed by atoms with E-state index in [2.05, 4.69) is 27.1 Å². The number of rotatable bonds is 5. The molecular weight excluding hydrogens is 366 g/mol. The Bertz CT molecular complexity index is 1100. The second-order valence-corrected chi connectivity index (χ2v) is 7.68. The van der Waals surface area contributed by atoms with Gasteiger partial charge in [0, 0.05) is 17.1 Å². The molecule has 0 aliphatic rings. The molecule has 0 saturated heterocycles. The van der Waals surface area contributed by atoms with Crippen LogP contribution in [0, 0.1) is 0 Å². The summed E-state index contributed by atoms with van der Waals surface area (Å²) in [5.41, 5.74) is 7.96. The topological polar surface area (TPSA) is 84.5 Å². The molecule has 1 unspecified atom stereocenters. The highest BCUT2D eigenvalue weighted by atomic mass is 32.2. The normalized spacial score (nSPS) is 12.4. The van der Waals surface area contributed by atoms with Gasteiger partial charge in [0.2, 0.25) is 0 Å². The Balaban J connectivity index is 2.04. The van der Waals surface area contributed by atoms with Crippen molar-refractivity contribution >= 4 is 49.5 Å². The first-order valence-corrected chi connectivity index (χ1v) is 9.79. The molecule has 5 nitrogen and oxygen atoms in total. The molecule has 0 bridgehead atoms. The van der Waals surface area contributed by atoms with E-state index in [4.69, 9.17) is 5.73 Å². The molecule has 26 heavy (non-hydrogen) atoms. The van der Waals surface area contributed by atoms with E-state index in [1.165, 1.54) is 0 Å². The number of anilines is 1. The minimum atomic E-state index is -3.77. The highest BCUT2D eigenvalue weighted by molar-refractivity contribution is 7.93. The van der Waals surface area contributed by atoms with Crippen LogP contribution < -0.4 is 10.5 Å². The highest BCUT2D eigenvalue weighted by Crippen LogP contribution is 2.29. The number of nitrogens with zero attached hydrogens (tertiary/aromatic N) is 1. The van der Waals surface area contributed by atoms with Crippen molar-refractivity contribution in [1.29, 1.82) is 0 Å². The van der Waals surface area contributed by atoms with Crippen molar-refractivity contribution < 1.29 is 8.42 Å². The molecular formula is C19H17N3O2S2. The van der Waals surface area contributed by atoms with Gasteiger partial charge in [0.25, 0.3) is 10.0 Å². The summed E-state index contributed by atoms with van der Waals surface area (Å²) < 4.78 is 28.4. The van der Waals surface area contributed by atoms with Crippen LogP contribution in [0.4, 0.5) is 11.4 Å². The number of aliphatic imine (C=N–C) groups is 1.